The predicted molar refractivity (Wildman–Crippen MR) is 69.4 cm³/mol. The molecule has 0 bridgehead atoms. The first kappa shape index (κ1) is 12.6. The Balaban J connectivity index is 1.70. The average molecular weight is 262 g/mol. The van der Waals surface area contributed by atoms with Crippen molar-refractivity contribution in [1.29, 1.82) is 0 Å². The number of aliphatic hydroxyl groups is 2. The number of carbonyl (C=O) groups excluding carboxylic acids is 1. The van der Waals surface area contributed by atoms with Crippen LogP contribution in [0.3, 0.4) is 0 Å². The van der Waals surface area contributed by atoms with E-state index in [1.54, 1.807) is 4.90 Å². The van der Waals surface area contributed by atoms with Gasteiger partial charge in [0, 0.05) is 19.6 Å². The highest BCUT2D eigenvalue weighted by atomic mass is 16.3. The maximum atomic E-state index is 12.3. The molecule has 1 amide bonds. The van der Waals surface area contributed by atoms with Crippen LogP contribution < -0.4 is 5.32 Å². The first-order valence-electron chi connectivity index (χ1n) is 6.60. The molecule has 3 N–H and O–H groups in total. The Bertz CT molecular complexity index is 481. The van der Waals surface area contributed by atoms with Gasteiger partial charge < -0.3 is 20.4 Å². The number of benzene rings is 1. The maximum absolute atomic E-state index is 12.3. The van der Waals surface area contributed by atoms with Crippen LogP contribution in [0.25, 0.3) is 0 Å². The summed E-state index contributed by atoms with van der Waals surface area (Å²) >= 11 is 0. The lowest BCUT2D eigenvalue weighted by Gasteiger charge is -2.28. The first-order valence-corrected chi connectivity index (χ1v) is 6.60. The van der Waals surface area contributed by atoms with Crippen molar-refractivity contribution in [3.8, 4) is 0 Å². The zero-order valence-electron chi connectivity index (χ0n) is 10.6. The Morgan fingerprint density at radius 1 is 1.16 bits per heavy atom. The van der Waals surface area contributed by atoms with Gasteiger partial charge in [-0.15, -0.1) is 0 Å². The van der Waals surface area contributed by atoms with Gasteiger partial charge in [0.15, 0.2) is 0 Å². The number of rotatable bonds is 1. The predicted octanol–water partition coefficient (Wildman–Crippen LogP) is -0.735. The number of nitrogens with zero attached hydrogens (tertiary/aromatic N) is 1. The molecular formula is C14H18N2O3. The lowest BCUT2D eigenvalue weighted by molar-refractivity contribution is -0.133. The number of nitrogens with one attached hydrogen (secondary N) is 1. The molecular weight excluding hydrogens is 244 g/mol. The summed E-state index contributed by atoms with van der Waals surface area (Å²) in [6.07, 6.45) is -0.975. The third-order valence-electron chi connectivity index (χ3n) is 3.95. The minimum Gasteiger partial charge on any atom is -0.388 e. The number of fused-ring (bicyclic) bond motifs is 1. The monoisotopic (exact) mass is 262 g/mol. The SMILES string of the molecule is O=C([C@H]1Cc2ccccc2CN1)N1C[C@@H](O)[C@@H](O)C1. The van der Waals surface area contributed by atoms with E-state index in [0.717, 1.165) is 0 Å². The second-order valence-electron chi connectivity index (χ2n) is 5.28. The molecule has 2 aliphatic rings. The first-order chi connectivity index (χ1) is 9.15. The highest BCUT2D eigenvalue weighted by molar-refractivity contribution is 5.83. The van der Waals surface area contributed by atoms with Crippen LogP contribution in [0.1, 0.15) is 11.1 Å². The number of carbonyl (C=O) groups is 1. The second kappa shape index (κ2) is 4.92. The number of hydrogen-bond donors (Lipinski definition) is 3. The molecule has 5 nitrogen and oxygen atoms in total. The van der Waals surface area contributed by atoms with Crippen LogP contribution in [0.15, 0.2) is 24.3 Å². The lowest BCUT2D eigenvalue weighted by atomic mass is 9.95. The van der Waals surface area contributed by atoms with Crippen LogP contribution in [0.5, 0.6) is 0 Å². The van der Waals surface area contributed by atoms with Crippen LogP contribution in [-0.4, -0.2) is 52.4 Å². The third kappa shape index (κ3) is 2.36. The molecule has 0 spiro atoms. The quantitative estimate of drug-likeness (QED) is 0.623. The second-order valence-corrected chi connectivity index (χ2v) is 5.28. The number of aliphatic hydroxyl groups excluding tert-OH is 2. The fraction of sp³-hybridized carbons (Fsp3) is 0.500. The van der Waals surface area contributed by atoms with Crippen molar-refractivity contribution < 1.29 is 15.0 Å². The van der Waals surface area contributed by atoms with Crippen molar-refractivity contribution in [1.82, 2.24) is 10.2 Å². The molecule has 2 aliphatic heterocycles. The van der Waals surface area contributed by atoms with E-state index in [1.165, 1.54) is 11.1 Å². The molecule has 2 heterocycles. The number of hydrogen-bond acceptors (Lipinski definition) is 4. The number of likely N-dealkylation sites (tertiary alicyclic amines) is 1. The summed E-state index contributed by atoms with van der Waals surface area (Å²) in [5.41, 5.74) is 2.42. The fourth-order valence-electron chi connectivity index (χ4n) is 2.80. The van der Waals surface area contributed by atoms with Crippen LogP contribution in [0, 0.1) is 0 Å². The molecule has 0 radical (unpaired) electrons. The molecule has 1 saturated heterocycles. The highest BCUT2D eigenvalue weighted by Gasteiger charge is 2.36. The van der Waals surface area contributed by atoms with Crippen molar-refractivity contribution in [3.63, 3.8) is 0 Å². The zero-order chi connectivity index (χ0) is 13.4. The zero-order valence-corrected chi connectivity index (χ0v) is 10.6. The smallest absolute Gasteiger partial charge is 0.240 e. The normalized spacial score (nSPS) is 30.2. The molecule has 0 aliphatic carbocycles. The van der Waals surface area contributed by atoms with E-state index in [9.17, 15) is 15.0 Å². The molecule has 1 aromatic rings. The van der Waals surface area contributed by atoms with E-state index >= 15 is 0 Å². The van der Waals surface area contributed by atoms with E-state index in [2.05, 4.69) is 11.4 Å². The maximum Gasteiger partial charge on any atom is 0.240 e. The topological polar surface area (TPSA) is 72.8 Å². The van der Waals surface area contributed by atoms with E-state index < -0.39 is 12.2 Å². The molecule has 3 atom stereocenters. The summed E-state index contributed by atoms with van der Waals surface area (Å²) in [5, 5.41) is 22.2. The van der Waals surface area contributed by atoms with Crippen molar-refractivity contribution in [3.05, 3.63) is 35.4 Å². The van der Waals surface area contributed by atoms with E-state index in [0.29, 0.717) is 13.0 Å². The summed E-state index contributed by atoms with van der Waals surface area (Å²) < 4.78 is 0. The molecule has 102 valence electrons. The molecule has 1 fully saturated rings. The molecule has 0 saturated carbocycles. The lowest BCUT2D eigenvalue weighted by Crippen LogP contribution is -2.49. The number of amides is 1. The Hall–Kier alpha value is -1.43. The Morgan fingerprint density at radius 3 is 2.47 bits per heavy atom. The van der Waals surface area contributed by atoms with Gasteiger partial charge in [-0.3, -0.25) is 4.79 Å². The Kier molecular flexibility index (Phi) is 3.26. The van der Waals surface area contributed by atoms with Gasteiger partial charge in [0.25, 0.3) is 0 Å². The van der Waals surface area contributed by atoms with Crippen molar-refractivity contribution in [2.75, 3.05) is 13.1 Å². The highest BCUT2D eigenvalue weighted by Crippen LogP contribution is 2.19. The van der Waals surface area contributed by atoms with Crippen molar-refractivity contribution in [2.24, 2.45) is 0 Å². The Labute approximate surface area is 111 Å². The summed E-state index contributed by atoms with van der Waals surface area (Å²) in [6.45, 7) is 1.13. The van der Waals surface area contributed by atoms with Gasteiger partial charge in [-0.1, -0.05) is 24.3 Å². The molecule has 5 heteroatoms. The summed E-state index contributed by atoms with van der Waals surface area (Å²) in [6, 6.07) is 7.83. The number of β-amino-alcohol motifs (C(OH)–C–C–N with tert-alkyl or cyclic N) is 2. The summed E-state index contributed by atoms with van der Waals surface area (Å²) in [4.78, 5) is 13.9. The minimum absolute atomic E-state index is 0.0369. The van der Waals surface area contributed by atoms with Gasteiger partial charge in [0.2, 0.25) is 5.91 Å². The van der Waals surface area contributed by atoms with E-state index in [4.69, 9.17) is 0 Å². The van der Waals surface area contributed by atoms with Crippen molar-refractivity contribution in [2.45, 2.75) is 31.2 Å². The van der Waals surface area contributed by atoms with Gasteiger partial charge in [0.1, 0.15) is 0 Å². The van der Waals surface area contributed by atoms with Crippen LogP contribution in [0.2, 0.25) is 0 Å². The van der Waals surface area contributed by atoms with Gasteiger partial charge >= 0.3 is 0 Å². The molecule has 1 aromatic carbocycles. The van der Waals surface area contributed by atoms with Gasteiger partial charge in [-0.2, -0.15) is 0 Å². The van der Waals surface area contributed by atoms with E-state index in [1.807, 2.05) is 18.2 Å². The van der Waals surface area contributed by atoms with E-state index in [-0.39, 0.29) is 25.0 Å². The van der Waals surface area contributed by atoms with Crippen LogP contribution in [-0.2, 0) is 17.8 Å². The summed E-state index contributed by atoms with van der Waals surface area (Å²) in [7, 11) is 0. The third-order valence-corrected chi connectivity index (χ3v) is 3.95. The molecule has 0 aromatic heterocycles. The van der Waals surface area contributed by atoms with Crippen molar-refractivity contribution >= 4 is 5.91 Å². The molecule has 3 rings (SSSR count). The van der Waals surface area contributed by atoms with Crippen LogP contribution in [0.4, 0.5) is 0 Å². The molecule has 19 heavy (non-hydrogen) atoms. The largest absolute Gasteiger partial charge is 0.388 e. The minimum atomic E-state index is -0.820. The van der Waals surface area contributed by atoms with Crippen LogP contribution >= 0.6 is 0 Å². The van der Waals surface area contributed by atoms with Gasteiger partial charge in [-0.05, 0) is 17.5 Å². The standard InChI is InChI=1S/C14H18N2O3/c17-12-7-16(8-13(12)18)14(19)11-5-9-3-1-2-4-10(9)6-15-11/h1-4,11-13,15,17-18H,5-8H2/t11-,12-,13+/m1/s1. The fourth-order valence-corrected chi connectivity index (χ4v) is 2.80. The van der Waals surface area contributed by atoms with Gasteiger partial charge in [0.05, 0.1) is 18.2 Å². The average Bonchev–Trinajstić information content (AvgIpc) is 2.77. The molecule has 0 unspecified atom stereocenters. The summed E-state index contributed by atoms with van der Waals surface area (Å²) in [5.74, 6) is -0.0369. The Morgan fingerprint density at radius 2 is 1.79 bits per heavy atom. The van der Waals surface area contributed by atoms with Gasteiger partial charge in [-0.25, -0.2) is 0 Å².